The van der Waals surface area contributed by atoms with E-state index in [2.05, 4.69) is 63.4 Å². The molecule has 0 radical (unpaired) electrons. The lowest BCUT2D eigenvalue weighted by Gasteiger charge is -2.45. The number of nitrogens with one attached hydrogen (secondary N) is 1. The van der Waals surface area contributed by atoms with Crippen LogP contribution < -0.4 is 5.32 Å². The number of piperidine rings is 1. The van der Waals surface area contributed by atoms with E-state index in [0.717, 1.165) is 32.1 Å². The molecule has 0 amide bonds. The Labute approximate surface area is 169 Å². The highest BCUT2D eigenvalue weighted by Gasteiger charge is 2.39. The van der Waals surface area contributed by atoms with E-state index in [1.165, 1.54) is 11.1 Å². The number of ether oxygens (including phenoxy) is 1. The zero-order valence-electron chi connectivity index (χ0n) is 17.6. The van der Waals surface area contributed by atoms with Gasteiger partial charge in [0.15, 0.2) is 0 Å². The number of aryl methyl sites for hydroxylation is 1. The van der Waals surface area contributed by atoms with E-state index in [-0.39, 0.29) is 23.2 Å². The first-order valence-corrected chi connectivity index (χ1v) is 10.3. The van der Waals surface area contributed by atoms with Gasteiger partial charge in [-0.25, -0.2) is 4.79 Å². The van der Waals surface area contributed by atoms with Crippen LogP contribution in [0.2, 0.25) is 0 Å². The Bertz CT molecular complexity index is 765. The first kappa shape index (κ1) is 20.6. The lowest BCUT2D eigenvalue weighted by Crippen LogP contribution is -2.59. The smallest absolute Gasteiger partial charge is 0.338 e. The molecule has 150 valence electrons. The molecule has 0 saturated carbocycles. The van der Waals surface area contributed by atoms with Crippen molar-refractivity contribution < 1.29 is 9.53 Å². The van der Waals surface area contributed by atoms with Crippen LogP contribution in [0.1, 0.15) is 69.3 Å². The van der Waals surface area contributed by atoms with Gasteiger partial charge in [-0.1, -0.05) is 48.1 Å². The third-order valence-corrected chi connectivity index (χ3v) is 5.39. The van der Waals surface area contributed by atoms with Crippen LogP contribution in [0.15, 0.2) is 60.2 Å². The molecule has 0 aromatic heterocycles. The number of carbonyl (C=O) groups excluding carboxylic acids is 1. The van der Waals surface area contributed by atoms with Gasteiger partial charge in [0.25, 0.3) is 0 Å². The molecule has 0 bridgehead atoms. The zero-order chi connectivity index (χ0) is 20.2. The number of hydrogen-bond donors (Lipinski definition) is 1. The Hall–Kier alpha value is -2.13. The molecule has 1 aliphatic carbocycles. The maximum absolute atomic E-state index is 12.6. The van der Waals surface area contributed by atoms with Crippen LogP contribution in [-0.4, -0.2) is 23.2 Å². The maximum Gasteiger partial charge on any atom is 0.338 e. The fourth-order valence-electron chi connectivity index (χ4n) is 4.44. The molecule has 3 rings (SSSR count). The summed E-state index contributed by atoms with van der Waals surface area (Å²) in [5.41, 5.74) is 3.17. The highest BCUT2D eigenvalue weighted by Crippen LogP contribution is 2.30. The summed E-state index contributed by atoms with van der Waals surface area (Å²) in [5, 5.41) is 3.62. The van der Waals surface area contributed by atoms with Crippen molar-refractivity contribution in [2.75, 3.05) is 0 Å². The minimum atomic E-state index is -0.217. The van der Waals surface area contributed by atoms with E-state index in [1.807, 2.05) is 24.3 Å². The van der Waals surface area contributed by atoms with Crippen molar-refractivity contribution in [2.45, 2.75) is 77.0 Å². The van der Waals surface area contributed by atoms with Crippen molar-refractivity contribution in [3.63, 3.8) is 0 Å². The van der Waals surface area contributed by atoms with E-state index in [0.29, 0.717) is 5.56 Å². The Balaban J connectivity index is 1.55. The van der Waals surface area contributed by atoms with Crippen molar-refractivity contribution in [1.82, 2.24) is 5.32 Å². The van der Waals surface area contributed by atoms with Gasteiger partial charge in [-0.2, -0.15) is 0 Å². The average molecular weight is 380 g/mol. The van der Waals surface area contributed by atoms with Gasteiger partial charge in [-0.15, -0.1) is 0 Å². The number of hydrogen-bond acceptors (Lipinski definition) is 3. The van der Waals surface area contributed by atoms with Gasteiger partial charge < -0.3 is 10.1 Å². The van der Waals surface area contributed by atoms with E-state index in [9.17, 15) is 4.79 Å². The van der Waals surface area contributed by atoms with E-state index in [4.69, 9.17) is 4.74 Å². The molecule has 1 aromatic carbocycles. The predicted molar refractivity (Wildman–Crippen MR) is 115 cm³/mol. The Morgan fingerprint density at radius 3 is 2.39 bits per heavy atom. The quantitative estimate of drug-likeness (QED) is 0.684. The highest BCUT2D eigenvalue weighted by atomic mass is 16.5. The molecular formula is C25H33NO2. The summed E-state index contributed by atoms with van der Waals surface area (Å²) in [7, 11) is 0. The van der Waals surface area contributed by atoms with Crippen molar-refractivity contribution in [2.24, 2.45) is 0 Å². The number of benzene rings is 1. The number of carbonyl (C=O) groups is 1. The van der Waals surface area contributed by atoms with Crippen LogP contribution in [-0.2, 0) is 11.2 Å². The molecule has 28 heavy (non-hydrogen) atoms. The third kappa shape index (κ3) is 5.93. The van der Waals surface area contributed by atoms with E-state index < -0.39 is 0 Å². The minimum Gasteiger partial charge on any atom is -0.459 e. The average Bonchev–Trinajstić information content (AvgIpc) is 2.86. The summed E-state index contributed by atoms with van der Waals surface area (Å²) in [4.78, 5) is 12.6. The summed E-state index contributed by atoms with van der Waals surface area (Å²) in [6.07, 6.45) is 15.4. The molecule has 1 aromatic rings. The second-order valence-corrected chi connectivity index (χ2v) is 9.33. The van der Waals surface area contributed by atoms with Crippen LogP contribution in [0.3, 0.4) is 0 Å². The SMILES string of the molecule is CC1(C)CC(OC(=O)c2ccc(CCC3=CCC=CC=C3)cc2)CC(C)(C)N1. The molecule has 2 aliphatic rings. The van der Waals surface area contributed by atoms with Crippen LogP contribution in [0.25, 0.3) is 0 Å². The standard InChI is InChI=1S/C25H33NO2/c1-24(2)17-22(18-25(3,4)26-24)28-23(27)21-15-13-20(14-16-21)12-11-19-9-7-5-6-8-10-19/h5-7,9-10,13-16,22,26H,8,11-12,17-18H2,1-4H3. The van der Waals surface area contributed by atoms with Gasteiger partial charge in [-0.05, 0) is 64.7 Å². The summed E-state index contributed by atoms with van der Waals surface area (Å²) >= 11 is 0. The van der Waals surface area contributed by atoms with Gasteiger partial charge in [-0.3, -0.25) is 0 Å². The van der Waals surface area contributed by atoms with Gasteiger partial charge in [0, 0.05) is 23.9 Å². The molecule has 1 N–H and O–H groups in total. The normalized spacial score (nSPS) is 21.1. The fourth-order valence-corrected chi connectivity index (χ4v) is 4.44. The van der Waals surface area contributed by atoms with Crippen molar-refractivity contribution in [3.8, 4) is 0 Å². The second kappa shape index (κ2) is 8.48. The largest absolute Gasteiger partial charge is 0.459 e. The molecule has 1 heterocycles. The molecule has 0 atom stereocenters. The summed E-state index contributed by atoms with van der Waals surface area (Å²) < 4.78 is 5.85. The molecule has 1 saturated heterocycles. The van der Waals surface area contributed by atoms with E-state index in [1.54, 1.807) is 0 Å². The highest BCUT2D eigenvalue weighted by molar-refractivity contribution is 5.89. The molecule has 3 nitrogen and oxygen atoms in total. The summed E-state index contributed by atoms with van der Waals surface area (Å²) in [6, 6.07) is 7.89. The zero-order valence-corrected chi connectivity index (χ0v) is 17.6. The fraction of sp³-hybridized carbons (Fsp3) is 0.480. The molecule has 0 unspecified atom stereocenters. The van der Waals surface area contributed by atoms with Crippen LogP contribution in [0.4, 0.5) is 0 Å². The first-order valence-electron chi connectivity index (χ1n) is 10.3. The van der Waals surface area contributed by atoms with Crippen molar-refractivity contribution in [3.05, 3.63) is 71.3 Å². The van der Waals surface area contributed by atoms with E-state index >= 15 is 0 Å². The molecule has 1 fully saturated rings. The number of rotatable bonds is 5. The number of allylic oxidation sites excluding steroid dienone is 6. The van der Waals surface area contributed by atoms with Gasteiger partial charge in [0.1, 0.15) is 6.10 Å². The Kier molecular flexibility index (Phi) is 6.24. The first-order chi connectivity index (χ1) is 13.2. The minimum absolute atomic E-state index is 0.0345. The van der Waals surface area contributed by atoms with Gasteiger partial charge >= 0.3 is 5.97 Å². The number of esters is 1. The lowest BCUT2D eigenvalue weighted by molar-refractivity contribution is -0.00637. The topological polar surface area (TPSA) is 38.3 Å². The Morgan fingerprint density at radius 1 is 1.04 bits per heavy atom. The van der Waals surface area contributed by atoms with Crippen LogP contribution in [0.5, 0.6) is 0 Å². The Morgan fingerprint density at radius 2 is 1.71 bits per heavy atom. The van der Waals surface area contributed by atoms with Gasteiger partial charge in [0.05, 0.1) is 5.56 Å². The molecular weight excluding hydrogens is 346 g/mol. The van der Waals surface area contributed by atoms with Gasteiger partial charge in [0.2, 0.25) is 0 Å². The van der Waals surface area contributed by atoms with Crippen molar-refractivity contribution >= 4 is 5.97 Å². The predicted octanol–water partition coefficient (Wildman–Crippen LogP) is 5.53. The van der Waals surface area contributed by atoms with Crippen molar-refractivity contribution in [1.29, 1.82) is 0 Å². The second-order valence-electron chi connectivity index (χ2n) is 9.33. The lowest BCUT2D eigenvalue weighted by atomic mass is 9.81. The van der Waals surface area contributed by atoms with Crippen LogP contribution in [0, 0.1) is 0 Å². The maximum atomic E-state index is 12.6. The molecule has 0 spiro atoms. The third-order valence-electron chi connectivity index (χ3n) is 5.39. The monoisotopic (exact) mass is 379 g/mol. The summed E-state index contributed by atoms with van der Waals surface area (Å²) in [6.45, 7) is 8.66. The summed E-state index contributed by atoms with van der Waals surface area (Å²) in [5.74, 6) is -0.217. The molecule has 1 aliphatic heterocycles. The molecule has 3 heteroatoms. The van der Waals surface area contributed by atoms with Crippen LogP contribution >= 0.6 is 0 Å².